The Balaban J connectivity index is 2.15. The molecule has 116 valence electrons. The molecule has 0 fully saturated rings. The van der Waals surface area contributed by atoms with Gasteiger partial charge in [-0.2, -0.15) is 0 Å². The fraction of sp³-hybridized carbons (Fsp3) is 0.267. The van der Waals surface area contributed by atoms with Gasteiger partial charge in [-0.15, -0.1) is 0 Å². The number of aromatic nitrogens is 2. The van der Waals surface area contributed by atoms with Gasteiger partial charge in [-0.25, -0.2) is 18.5 Å². The number of methoxy groups -OCH3 is 1. The Labute approximate surface area is 128 Å². The third-order valence-electron chi connectivity index (χ3n) is 3.63. The van der Waals surface area contributed by atoms with Crippen LogP contribution >= 0.6 is 0 Å². The van der Waals surface area contributed by atoms with E-state index in [1.807, 2.05) is 12.1 Å². The van der Waals surface area contributed by atoms with Crippen LogP contribution in [0.15, 0.2) is 35.5 Å². The van der Waals surface area contributed by atoms with Crippen molar-refractivity contribution in [3.63, 3.8) is 0 Å². The van der Waals surface area contributed by atoms with Gasteiger partial charge in [-0.3, -0.25) is 0 Å². The molecule has 0 aliphatic carbocycles. The van der Waals surface area contributed by atoms with Crippen LogP contribution in [-0.2, 0) is 21.2 Å². The van der Waals surface area contributed by atoms with E-state index in [-0.39, 0.29) is 5.03 Å². The normalized spacial score (nSPS) is 12.3. The highest BCUT2D eigenvalue weighted by molar-refractivity contribution is 7.89. The van der Waals surface area contributed by atoms with Crippen LogP contribution in [0, 0.1) is 0 Å². The number of sulfonamides is 1. The summed E-state index contributed by atoms with van der Waals surface area (Å²) in [5.74, 6) is 0. The van der Waals surface area contributed by atoms with Gasteiger partial charge >= 0.3 is 0 Å². The van der Waals surface area contributed by atoms with Gasteiger partial charge in [-0.1, -0.05) is 6.07 Å². The summed E-state index contributed by atoms with van der Waals surface area (Å²) in [5, 5.41) is 6.89. The quantitative estimate of drug-likeness (QED) is 0.702. The third kappa shape index (κ3) is 2.70. The maximum absolute atomic E-state index is 11.6. The highest BCUT2D eigenvalue weighted by atomic mass is 32.2. The molecule has 0 bridgehead atoms. The largest absolute Gasteiger partial charge is 0.385 e. The van der Waals surface area contributed by atoms with Crippen LogP contribution in [0.4, 0.5) is 0 Å². The number of hydrogen-bond acceptors (Lipinski definition) is 4. The molecule has 2 heterocycles. The standard InChI is InChI=1S/C15H17N3O3S/c1-21-8-2-3-10-4-5-13-12(9-10)11-6-7-17-15(14(11)18-13)22(16,19)20/h4-7,9,18H,2-3,8H2,1H3,(H2,16,19,20). The first-order valence-electron chi connectivity index (χ1n) is 6.92. The molecule has 7 heteroatoms. The second-order valence-electron chi connectivity index (χ2n) is 5.18. The maximum atomic E-state index is 11.6. The molecule has 0 aliphatic heterocycles. The number of H-pyrrole nitrogens is 1. The molecule has 0 aliphatic rings. The third-order valence-corrected chi connectivity index (χ3v) is 4.48. The van der Waals surface area contributed by atoms with Crippen LogP contribution in [0.5, 0.6) is 0 Å². The van der Waals surface area contributed by atoms with Crippen molar-refractivity contribution >= 4 is 31.8 Å². The van der Waals surface area contributed by atoms with Crippen molar-refractivity contribution in [1.29, 1.82) is 0 Å². The number of pyridine rings is 1. The highest BCUT2D eigenvalue weighted by Gasteiger charge is 2.17. The van der Waals surface area contributed by atoms with E-state index in [1.165, 1.54) is 11.8 Å². The maximum Gasteiger partial charge on any atom is 0.257 e. The summed E-state index contributed by atoms with van der Waals surface area (Å²) >= 11 is 0. The Morgan fingerprint density at radius 2 is 2.09 bits per heavy atom. The fourth-order valence-corrected chi connectivity index (χ4v) is 3.29. The number of rotatable bonds is 5. The number of ether oxygens (including phenoxy) is 1. The first-order chi connectivity index (χ1) is 10.5. The molecule has 6 nitrogen and oxygen atoms in total. The number of nitrogens with zero attached hydrogens (tertiary/aromatic N) is 1. The molecule has 3 aromatic rings. The molecule has 0 saturated carbocycles. The Morgan fingerprint density at radius 1 is 1.27 bits per heavy atom. The Morgan fingerprint density at radius 3 is 2.82 bits per heavy atom. The Kier molecular flexibility index (Phi) is 3.86. The van der Waals surface area contributed by atoms with Crippen LogP contribution in [0.25, 0.3) is 21.8 Å². The first kappa shape index (κ1) is 15.0. The van der Waals surface area contributed by atoms with Gasteiger partial charge in [0.05, 0.1) is 5.52 Å². The zero-order chi connectivity index (χ0) is 15.7. The van der Waals surface area contributed by atoms with Gasteiger partial charge < -0.3 is 9.72 Å². The van der Waals surface area contributed by atoms with Crippen molar-refractivity contribution in [2.45, 2.75) is 17.9 Å². The lowest BCUT2D eigenvalue weighted by atomic mass is 10.1. The minimum absolute atomic E-state index is 0.123. The van der Waals surface area contributed by atoms with E-state index in [4.69, 9.17) is 9.88 Å². The van der Waals surface area contributed by atoms with Crippen LogP contribution in [0.2, 0.25) is 0 Å². The summed E-state index contributed by atoms with van der Waals surface area (Å²) in [6, 6.07) is 7.83. The fourth-order valence-electron chi connectivity index (χ4n) is 2.64. The zero-order valence-corrected chi connectivity index (χ0v) is 13.0. The summed E-state index contributed by atoms with van der Waals surface area (Å²) < 4.78 is 28.4. The number of hydrogen-bond donors (Lipinski definition) is 2. The van der Waals surface area contributed by atoms with E-state index in [0.717, 1.165) is 29.1 Å². The van der Waals surface area contributed by atoms with E-state index in [0.29, 0.717) is 12.1 Å². The Bertz CT molecular complexity index is 932. The summed E-state index contributed by atoms with van der Waals surface area (Å²) in [7, 11) is -2.18. The summed E-state index contributed by atoms with van der Waals surface area (Å²) in [4.78, 5) is 7.00. The Hall–Kier alpha value is -1.96. The van der Waals surface area contributed by atoms with Crippen molar-refractivity contribution < 1.29 is 13.2 Å². The van der Waals surface area contributed by atoms with E-state index in [2.05, 4.69) is 16.0 Å². The number of primary sulfonamides is 1. The predicted octanol–water partition coefficient (Wildman–Crippen LogP) is 1.94. The molecule has 0 spiro atoms. The molecule has 0 unspecified atom stereocenters. The molecule has 0 saturated heterocycles. The lowest BCUT2D eigenvalue weighted by Gasteiger charge is -2.01. The first-order valence-corrected chi connectivity index (χ1v) is 8.46. The average Bonchev–Trinajstić information content (AvgIpc) is 2.84. The highest BCUT2D eigenvalue weighted by Crippen LogP contribution is 2.29. The van der Waals surface area contributed by atoms with Gasteiger partial charge in [0.2, 0.25) is 0 Å². The number of nitrogens with two attached hydrogens (primary N) is 1. The lowest BCUT2D eigenvalue weighted by Crippen LogP contribution is -2.14. The van der Waals surface area contributed by atoms with E-state index in [1.54, 1.807) is 13.2 Å². The van der Waals surface area contributed by atoms with Crippen molar-refractivity contribution in [1.82, 2.24) is 9.97 Å². The molecule has 0 radical (unpaired) electrons. The zero-order valence-electron chi connectivity index (χ0n) is 12.2. The number of aromatic amines is 1. The summed E-state index contributed by atoms with van der Waals surface area (Å²) in [6.07, 6.45) is 3.31. The van der Waals surface area contributed by atoms with Gasteiger partial charge in [0.25, 0.3) is 10.0 Å². The van der Waals surface area contributed by atoms with E-state index in [9.17, 15) is 8.42 Å². The second kappa shape index (κ2) is 5.68. The molecule has 3 N–H and O–H groups in total. The van der Waals surface area contributed by atoms with E-state index >= 15 is 0 Å². The SMILES string of the molecule is COCCCc1ccc2[nH]c3c(S(N)(=O)=O)nccc3c2c1. The van der Waals surface area contributed by atoms with Crippen molar-refractivity contribution in [3.8, 4) is 0 Å². The summed E-state index contributed by atoms with van der Waals surface area (Å²) in [6.45, 7) is 0.714. The number of nitrogens with one attached hydrogen (secondary N) is 1. The van der Waals surface area contributed by atoms with Gasteiger partial charge in [-0.05, 0) is 36.6 Å². The smallest absolute Gasteiger partial charge is 0.257 e. The minimum atomic E-state index is -3.86. The molecule has 0 atom stereocenters. The average molecular weight is 319 g/mol. The van der Waals surface area contributed by atoms with Gasteiger partial charge in [0.15, 0.2) is 5.03 Å². The lowest BCUT2D eigenvalue weighted by molar-refractivity contribution is 0.195. The van der Waals surface area contributed by atoms with Crippen LogP contribution < -0.4 is 5.14 Å². The van der Waals surface area contributed by atoms with Gasteiger partial charge in [0, 0.05) is 36.2 Å². The second-order valence-corrected chi connectivity index (χ2v) is 6.66. The van der Waals surface area contributed by atoms with E-state index < -0.39 is 10.0 Å². The van der Waals surface area contributed by atoms with Crippen molar-refractivity contribution in [2.24, 2.45) is 5.14 Å². The minimum Gasteiger partial charge on any atom is -0.385 e. The van der Waals surface area contributed by atoms with Crippen molar-refractivity contribution in [2.75, 3.05) is 13.7 Å². The number of aryl methyl sites for hydroxylation is 1. The van der Waals surface area contributed by atoms with Gasteiger partial charge in [0.1, 0.15) is 0 Å². The molecule has 2 aromatic heterocycles. The van der Waals surface area contributed by atoms with Crippen molar-refractivity contribution in [3.05, 3.63) is 36.0 Å². The molecule has 3 rings (SSSR count). The van der Waals surface area contributed by atoms with Crippen LogP contribution in [0.1, 0.15) is 12.0 Å². The van der Waals surface area contributed by atoms with Crippen LogP contribution in [-0.4, -0.2) is 32.1 Å². The molecular weight excluding hydrogens is 302 g/mol. The molecule has 0 amide bonds. The summed E-state index contributed by atoms with van der Waals surface area (Å²) in [5.41, 5.74) is 2.50. The monoisotopic (exact) mass is 319 g/mol. The molecule has 22 heavy (non-hydrogen) atoms. The molecule has 1 aromatic carbocycles. The predicted molar refractivity (Wildman–Crippen MR) is 85.2 cm³/mol. The van der Waals surface area contributed by atoms with Crippen LogP contribution in [0.3, 0.4) is 0 Å². The number of fused-ring (bicyclic) bond motifs is 3. The molecular formula is C15H17N3O3S. The number of benzene rings is 1. The topological polar surface area (TPSA) is 98.1 Å².